The molecule has 0 saturated carbocycles. The molecule has 0 bridgehead atoms. The van der Waals surface area contributed by atoms with Crippen LogP contribution in [0.15, 0.2) is 60.7 Å². The van der Waals surface area contributed by atoms with Crippen LogP contribution in [0.1, 0.15) is 63.5 Å². The number of carbonyl (C=O) groups excluding carboxylic acids is 5. The minimum Gasteiger partial charge on any atom is -0.481 e. The highest BCUT2D eigenvalue weighted by Gasteiger charge is 2.51. The Bertz CT molecular complexity index is 1610. The molecule has 0 aromatic heterocycles. The van der Waals surface area contributed by atoms with Crippen LogP contribution >= 0.6 is 0 Å². The number of nitrogens with two attached hydrogens (primary N) is 1. The molecular weight excluding hydrogens is 680 g/mol. The van der Waals surface area contributed by atoms with Gasteiger partial charge in [0.05, 0.1) is 12.8 Å². The fourth-order valence-electron chi connectivity index (χ4n) is 7.03. The summed E-state index contributed by atoms with van der Waals surface area (Å²) >= 11 is 0. The number of guanidine groups is 1. The molecule has 2 fully saturated rings. The molecule has 2 aromatic carbocycles. The third-order valence-electron chi connectivity index (χ3n) is 9.57. The molecule has 2 saturated heterocycles. The van der Waals surface area contributed by atoms with Gasteiger partial charge in [-0.15, -0.1) is 0 Å². The molecule has 0 spiro atoms. The van der Waals surface area contributed by atoms with Crippen molar-refractivity contribution in [3.8, 4) is 0 Å². The Morgan fingerprint density at radius 2 is 1.57 bits per heavy atom. The van der Waals surface area contributed by atoms with Gasteiger partial charge in [-0.25, -0.2) is 0 Å². The fraction of sp³-hybridized carbons (Fsp3) is 0.500. The maximum Gasteiger partial charge on any atom is 0.305 e. The summed E-state index contributed by atoms with van der Waals surface area (Å²) in [7, 11) is 0. The highest BCUT2D eigenvalue weighted by Crippen LogP contribution is 2.39. The predicted molar refractivity (Wildman–Crippen MR) is 197 cm³/mol. The van der Waals surface area contributed by atoms with E-state index in [-0.39, 0.29) is 68.0 Å². The van der Waals surface area contributed by atoms with Crippen LogP contribution in [0.3, 0.4) is 0 Å². The predicted octanol–water partition coefficient (Wildman–Crippen LogP) is 0.816. The average molecular weight is 733 g/mol. The van der Waals surface area contributed by atoms with Crippen molar-refractivity contribution >= 4 is 41.5 Å². The number of benzene rings is 2. The quantitative estimate of drug-likeness (QED) is 0.0615. The van der Waals surface area contributed by atoms with E-state index in [0.717, 1.165) is 11.1 Å². The van der Waals surface area contributed by atoms with Gasteiger partial charge < -0.3 is 42.3 Å². The van der Waals surface area contributed by atoms with Gasteiger partial charge in [0.25, 0.3) is 0 Å². The molecule has 6 atom stereocenters. The summed E-state index contributed by atoms with van der Waals surface area (Å²) in [6, 6.07) is 14.3. The number of rotatable bonds is 18. The van der Waals surface area contributed by atoms with E-state index in [1.807, 2.05) is 74.5 Å². The highest BCUT2D eigenvalue weighted by atomic mass is 16.4. The van der Waals surface area contributed by atoms with Crippen molar-refractivity contribution in [2.75, 3.05) is 13.1 Å². The lowest BCUT2D eigenvalue weighted by Gasteiger charge is -2.39. The van der Waals surface area contributed by atoms with Gasteiger partial charge in [-0.05, 0) is 61.5 Å². The van der Waals surface area contributed by atoms with Crippen LogP contribution in [0.25, 0.3) is 0 Å². The van der Waals surface area contributed by atoms with Crippen molar-refractivity contribution in [1.29, 1.82) is 5.41 Å². The minimum atomic E-state index is -1.40. The van der Waals surface area contributed by atoms with Gasteiger partial charge in [0.2, 0.25) is 29.5 Å². The van der Waals surface area contributed by atoms with E-state index in [1.54, 1.807) is 4.90 Å². The number of hydrogen-bond acceptors (Lipinski definition) is 7. The molecule has 2 heterocycles. The Hall–Kier alpha value is -5.47. The van der Waals surface area contributed by atoms with Crippen molar-refractivity contribution in [2.24, 2.45) is 17.6 Å². The molecule has 9 N–H and O–H groups in total. The van der Waals surface area contributed by atoms with Crippen molar-refractivity contribution < 1.29 is 33.9 Å². The molecule has 286 valence electrons. The Balaban J connectivity index is 1.55. The normalized spacial score (nSPS) is 20.4. The summed E-state index contributed by atoms with van der Waals surface area (Å²) in [5.74, 6) is -4.24. The van der Waals surface area contributed by atoms with Gasteiger partial charge in [-0.3, -0.25) is 34.2 Å². The molecule has 2 aliphatic rings. The molecule has 0 aliphatic carbocycles. The van der Waals surface area contributed by atoms with E-state index in [2.05, 4.69) is 26.6 Å². The third-order valence-corrected chi connectivity index (χ3v) is 9.57. The second-order valence-corrected chi connectivity index (χ2v) is 14.2. The first-order valence-electron chi connectivity index (χ1n) is 18.2. The monoisotopic (exact) mass is 732 g/mol. The molecule has 2 aromatic rings. The third kappa shape index (κ3) is 12.0. The number of aliphatic carboxylic acids is 1. The number of carbonyl (C=O) groups is 6. The molecule has 53 heavy (non-hydrogen) atoms. The summed E-state index contributed by atoms with van der Waals surface area (Å²) in [6.07, 6.45) is 1.68. The van der Waals surface area contributed by atoms with Gasteiger partial charge in [-0.1, -0.05) is 74.5 Å². The van der Waals surface area contributed by atoms with E-state index >= 15 is 0 Å². The highest BCUT2D eigenvalue weighted by molar-refractivity contribution is 5.97. The molecule has 15 nitrogen and oxygen atoms in total. The lowest BCUT2D eigenvalue weighted by molar-refractivity contribution is -0.147. The van der Waals surface area contributed by atoms with Crippen LogP contribution in [0, 0.1) is 17.2 Å². The van der Waals surface area contributed by atoms with Crippen LogP contribution in [0.2, 0.25) is 0 Å². The standard InChI is InChI=1S/C38H52N8O7/c1-23(2)22-42-34(50)29(21-33(48)49)45-35(51)27(14-9-17-41-38(39)40)44-36(52)31-20-26(18-24-10-5-3-6-11-24)30-16-15-28(37(53)46(30)31)43-32(47)19-25-12-7-4-8-13-25/h3-8,10-13,23,26-31H,9,14-22H2,1-2H3,(H,42,50)(H,43,47)(H,44,52)(H,45,51)(H,48,49)(H4,39,40,41). The lowest BCUT2D eigenvalue weighted by atomic mass is 9.86. The molecule has 15 heteroatoms. The summed E-state index contributed by atoms with van der Waals surface area (Å²) in [5, 5.41) is 30.4. The first-order valence-corrected chi connectivity index (χ1v) is 18.2. The fourth-order valence-corrected chi connectivity index (χ4v) is 7.03. The summed E-state index contributed by atoms with van der Waals surface area (Å²) < 4.78 is 0. The zero-order valence-corrected chi connectivity index (χ0v) is 30.3. The average Bonchev–Trinajstić information content (AvgIpc) is 3.48. The van der Waals surface area contributed by atoms with E-state index in [9.17, 15) is 33.9 Å². The molecule has 4 rings (SSSR count). The van der Waals surface area contributed by atoms with Gasteiger partial charge >= 0.3 is 5.97 Å². The topological polar surface area (TPSA) is 236 Å². The zero-order valence-electron chi connectivity index (χ0n) is 30.3. The van der Waals surface area contributed by atoms with E-state index < -0.39 is 54.3 Å². The largest absolute Gasteiger partial charge is 0.481 e. The van der Waals surface area contributed by atoms with Crippen LogP contribution in [0.4, 0.5) is 0 Å². The van der Waals surface area contributed by atoms with E-state index in [1.165, 1.54) is 0 Å². The Labute approximate surface area is 309 Å². The number of carboxylic acids is 1. The SMILES string of the molecule is CC(C)CNC(=O)C(CC(=O)O)NC(=O)C(CCCNC(=N)N)NC(=O)C1CC(Cc2ccccc2)C2CCC(NC(=O)Cc3ccccc3)C(=O)N12. The van der Waals surface area contributed by atoms with Crippen molar-refractivity contribution in [3.63, 3.8) is 0 Å². The lowest BCUT2D eigenvalue weighted by Crippen LogP contribution is -2.61. The summed E-state index contributed by atoms with van der Waals surface area (Å²) in [6.45, 7) is 4.23. The number of hydrogen-bond donors (Lipinski definition) is 8. The van der Waals surface area contributed by atoms with Crippen molar-refractivity contribution in [2.45, 2.75) is 95.4 Å². The van der Waals surface area contributed by atoms with Crippen LogP contribution in [-0.4, -0.2) is 94.8 Å². The number of nitrogens with one attached hydrogen (secondary N) is 6. The number of carboxylic acid groups (broad SMARTS) is 1. The Morgan fingerprint density at radius 1 is 0.906 bits per heavy atom. The van der Waals surface area contributed by atoms with Crippen LogP contribution < -0.4 is 32.3 Å². The maximum absolute atomic E-state index is 14.2. The minimum absolute atomic E-state index is 0.0565. The molecular formula is C38H52N8O7. The van der Waals surface area contributed by atoms with Crippen LogP contribution in [-0.2, 0) is 41.6 Å². The smallest absolute Gasteiger partial charge is 0.305 e. The van der Waals surface area contributed by atoms with E-state index in [4.69, 9.17) is 11.1 Å². The van der Waals surface area contributed by atoms with Gasteiger partial charge in [-0.2, -0.15) is 0 Å². The van der Waals surface area contributed by atoms with E-state index in [0.29, 0.717) is 25.7 Å². The van der Waals surface area contributed by atoms with Gasteiger partial charge in [0.15, 0.2) is 5.96 Å². The van der Waals surface area contributed by atoms with Crippen molar-refractivity contribution in [1.82, 2.24) is 31.5 Å². The summed E-state index contributed by atoms with van der Waals surface area (Å²) in [4.78, 5) is 81.2. The Kier molecular flexibility index (Phi) is 14.7. The first-order chi connectivity index (χ1) is 25.3. The number of nitrogens with zero attached hydrogens (tertiary/aromatic N) is 1. The van der Waals surface area contributed by atoms with Gasteiger partial charge in [0.1, 0.15) is 24.2 Å². The molecule has 5 amide bonds. The van der Waals surface area contributed by atoms with Crippen LogP contribution in [0.5, 0.6) is 0 Å². The number of amides is 5. The molecule has 6 unspecified atom stereocenters. The second-order valence-electron chi connectivity index (χ2n) is 14.2. The molecule has 0 radical (unpaired) electrons. The second kappa shape index (κ2) is 19.4. The van der Waals surface area contributed by atoms with Gasteiger partial charge in [0, 0.05) is 19.1 Å². The number of fused-ring (bicyclic) bond motifs is 1. The Morgan fingerprint density at radius 3 is 2.19 bits per heavy atom. The van der Waals surface area contributed by atoms with Crippen molar-refractivity contribution in [3.05, 3.63) is 71.8 Å². The maximum atomic E-state index is 14.2. The molecule has 2 aliphatic heterocycles. The number of piperidine rings is 1. The zero-order chi connectivity index (χ0) is 38.5. The first kappa shape index (κ1) is 40.3. The summed E-state index contributed by atoms with van der Waals surface area (Å²) in [5.41, 5.74) is 7.27.